The lowest BCUT2D eigenvalue weighted by molar-refractivity contribution is -0.125. The first-order valence-corrected chi connectivity index (χ1v) is 6.20. The van der Waals surface area contributed by atoms with Crippen molar-refractivity contribution < 1.29 is 9.59 Å². The third-order valence-electron chi connectivity index (χ3n) is 3.16. The molecule has 1 aromatic heterocycles. The number of carbonyl (C=O) groups excluding carboxylic acids is 2. The number of aromatic nitrogens is 2. The molecule has 2 amide bonds. The minimum absolute atomic E-state index is 0.00952. The Morgan fingerprint density at radius 2 is 2.22 bits per heavy atom. The van der Waals surface area contributed by atoms with Gasteiger partial charge in [-0.15, -0.1) is 0 Å². The zero-order valence-corrected chi connectivity index (χ0v) is 10.5. The molecule has 0 saturated carbocycles. The molecule has 6 nitrogen and oxygen atoms in total. The fourth-order valence-corrected chi connectivity index (χ4v) is 2.19. The summed E-state index contributed by atoms with van der Waals surface area (Å²) in [7, 11) is 0. The van der Waals surface area contributed by atoms with Crippen LogP contribution in [-0.4, -0.2) is 34.9 Å². The summed E-state index contributed by atoms with van der Waals surface area (Å²) in [4.78, 5) is 29.9. The van der Waals surface area contributed by atoms with E-state index in [0.29, 0.717) is 13.1 Å². The van der Waals surface area contributed by atoms with Crippen molar-refractivity contribution >= 4 is 11.8 Å². The van der Waals surface area contributed by atoms with Gasteiger partial charge < -0.3 is 15.6 Å². The number of hydrogen-bond acceptors (Lipinski definition) is 3. The van der Waals surface area contributed by atoms with Gasteiger partial charge >= 0.3 is 0 Å². The fraction of sp³-hybridized carbons (Fsp3) is 0.583. The van der Waals surface area contributed by atoms with Gasteiger partial charge in [-0.25, -0.2) is 4.98 Å². The summed E-state index contributed by atoms with van der Waals surface area (Å²) >= 11 is 0. The molecule has 1 heterocycles. The van der Waals surface area contributed by atoms with Crippen LogP contribution in [0, 0.1) is 5.92 Å². The van der Waals surface area contributed by atoms with Crippen molar-refractivity contribution in [2.24, 2.45) is 5.92 Å². The highest BCUT2D eigenvalue weighted by atomic mass is 16.2. The molecule has 1 aliphatic carbocycles. The van der Waals surface area contributed by atoms with Gasteiger partial charge in [-0.2, -0.15) is 0 Å². The van der Waals surface area contributed by atoms with E-state index < -0.39 is 0 Å². The number of imidazole rings is 1. The number of amides is 2. The highest BCUT2D eigenvalue weighted by Crippen LogP contribution is 2.22. The van der Waals surface area contributed by atoms with Crippen molar-refractivity contribution in [1.82, 2.24) is 20.6 Å². The van der Waals surface area contributed by atoms with Crippen LogP contribution in [0.4, 0.5) is 0 Å². The predicted octanol–water partition coefficient (Wildman–Crippen LogP) is -0.233. The maximum absolute atomic E-state index is 11.9. The molecule has 0 unspecified atom stereocenters. The quantitative estimate of drug-likeness (QED) is 0.645. The average molecular weight is 250 g/mol. The lowest BCUT2D eigenvalue weighted by Crippen LogP contribution is -2.38. The van der Waals surface area contributed by atoms with E-state index in [1.807, 2.05) is 0 Å². The molecular formula is C12H18N4O2. The van der Waals surface area contributed by atoms with E-state index in [-0.39, 0.29) is 17.7 Å². The number of aryl methyl sites for hydroxylation is 1. The second kappa shape index (κ2) is 5.66. The van der Waals surface area contributed by atoms with Crippen LogP contribution >= 0.6 is 0 Å². The molecule has 1 aromatic rings. The zero-order valence-electron chi connectivity index (χ0n) is 10.5. The standard InChI is InChI=1S/C12H18N4O2/c1-8(17)13-4-5-14-12(18)9-2-3-10-11(6-9)16-7-15-10/h7,9H,2-6H2,1H3,(H,13,17)(H,14,18)(H,15,16)/t9-/m1/s1. The van der Waals surface area contributed by atoms with Gasteiger partial charge in [-0.05, 0) is 12.8 Å². The molecule has 98 valence electrons. The molecule has 1 aliphatic rings. The fourth-order valence-electron chi connectivity index (χ4n) is 2.19. The average Bonchev–Trinajstić information content (AvgIpc) is 2.81. The van der Waals surface area contributed by atoms with E-state index in [1.165, 1.54) is 6.92 Å². The van der Waals surface area contributed by atoms with E-state index in [0.717, 1.165) is 30.7 Å². The molecule has 2 rings (SSSR count). The van der Waals surface area contributed by atoms with Gasteiger partial charge in [0.25, 0.3) is 0 Å². The summed E-state index contributed by atoms with van der Waals surface area (Å²) < 4.78 is 0. The lowest BCUT2D eigenvalue weighted by atomic mass is 9.89. The van der Waals surface area contributed by atoms with E-state index >= 15 is 0 Å². The van der Waals surface area contributed by atoms with Crippen LogP contribution in [0.5, 0.6) is 0 Å². The number of H-pyrrole nitrogens is 1. The molecular weight excluding hydrogens is 232 g/mol. The van der Waals surface area contributed by atoms with Gasteiger partial charge in [0.05, 0.1) is 12.0 Å². The molecule has 0 radical (unpaired) electrons. The van der Waals surface area contributed by atoms with Crippen LogP contribution in [0.25, 0.3) is 0 Å². The van der Waals surface area contributed by atoms with Crippen molar-refractivity contribution in [2.45, 2.75) is 26.2 Å². The first kappa shape index (κ1) is 12.6. The molecule has 6 heteroatoms. The van der Waals surface area contributed by atoms with Gasteiger partial charge in [0.1, 0.15) is 0 Å². The Morgan fingerprint density at radius 1 is 1.44 bits per heavy atom. The van der Waals surface area contributed by atoms with Crippen molar-refractivity contribution in [3.63, 3.8) is 0 Å². The minimum atomic E-state index is -0.0796. The first-order valence-electron chi connectivity index (χ1n) is 6.20. The number of fused-ring (bicyclic) bond motifs is 1. The molecule has 0 spiro atoms. The summed E-state index contributed by atoms with van der Waals surface area (Å²) in [6.45, 7) is 2.41. The Morgan fingerprint density at radius 3 is 3.00 bits per heavy atom. The summed E-state index contributed by atoms with van der Waals surface area (Å²) in [5.41, 5.74) is 2.15. The van der Waals surface area contributed by atoms with E-state index in [2.05, 4.69) is 20.6 Å². The maximum Gasteiger partial charge on any atom is 0.223 e. The van der Waals surface area contributed by atoms with Gasteiger partial charge in [0.2, 0.25) is 11.8 Å². The lowest BCUT2D eigenvalue weighted by Gasteiger charge is -2.20. The largest absolute Gasteiger partial charge is 0.355 e. The molecule has 0 saturated heterocycles. The van der Waals surface area contributed by atoms with Crippen LogP contribution in [0.3, 0.4) is 0 Å². The Bertz CT molecular complexity index is 441. The topological polar surface area (TPSA) is 86.9 Å². The van der Waals surface area contributed by atoms with E-state index in [1.54, 1.807) is 6.33 Å². The van der Waals surface area contributed by atoms with Crippen molar-refractivity contribution in [2.75, 3.05) is 13.1 Å². The second-order valence-electron chi connectivity index (χ2n) is 4.54. The molecule has 3 N–H and O–H groups in total. The van der Waals surface area contributed by atoms with Gasteiger partial charge in [-0.1, -0.05) is 0 Å². The number of aromatic amines is 1. The van der Waals surface area contributed by atoms with Crippen LogP contribution in [0.2, 0.25) is 0 Å². The normalized spacial score (nSPS) is 17.9. The Labute approximate surface area is 106 Å². The third-order valence-corrected chi connectivity index (χ3v) is 3.16. The SMILES string of the molecule is CC(=O)NCCNC(=O)[C@@H]1CCc2nc[nH]c2C1. The minimum Gasteiger partial charge on any atom is -0.355 e. The van der Waals surface area contributed by atoms with Crippen molar-refractivity contribution in [1.29, 1.82) is 0 Å². The monoisotopic (exact) mass is 250 g/mol. The summed E-state index contributed by atoms with van der Waals surface area (Å²) in [6, 6.07) is 0. The van der Waals surface area contributed by atoms with Crippen LogP contribution < -0.4 is 10.6 Å². The summed E-state index contributed by atoms with van der Waals surface area (Å²) in [5, 5.41) is 5.49. The zero-order chi connectivity index (χ0) is 13.0. The molecule has 0 bridgehead atoms. The number of rotatable bonds is 4. The third kappa shape index (κ3) is 3.09. The van der Waals surface area contributed by atoms with Crippen molar-refractivity contribution in [3.8, 4) is 0 Å². The molecule has 0 fully saturated rings. The Balaban J connectivity index is 1.75. The van der Waals surface area contributed by atoms with Gasteiger partial charge in [0, 0.05) is 38.0 Å². The molecule has 1 atom stereocenters. The van der Waals surface area contributed by atoms with Crippen LogP contribution in [0.15, 0.2) is 6.33 Å². The van der Waals surface area contributed by atoms with Gasteiger partial charge in [-0.3, -0.25) is 9.59 Å². The first-order chi connectivity index (χ1) is 8.66. The highest BCUT2D eigenvalue weighted by Gasteiger charge is 2.25. The number of hydrogen-bond donors (Lipinski definition) is 3. The van der Waals surface area contributed by atoms with E-state index in [9.17, 15) is 9.59 Å². The predicted molar refractivity (Wildman–Crippen MR) is 65.8 cm³/mol. The summed E-state index contributed by atoms with van der Waals surface area (Å²) in [6.07, 6.45) is 4.09. The second-order valence-corrected chi connectivity index (χ2v) is 4.54. The van der Waals surface area contributed by atoms with E-state index in [4.69, 9.17) is 0 Å². The number of carbonyl (C=O) groups is 2. The molecule has 18 heavy (non-hydrogen) atoms. The van der Waals surface area contributed by atoms with Crippen molar-refractivity contribution in [3.05, 3.63) is 17.7 Å². The highest BCUT2D eigenvalue weighted by molar-refractivity contribution is 5.79. The van der Waals surface area contributed by atoms with Crippen LogP contribution in [-0.2, 0) is 22.4 Å². The van der Waals surface area contributed by atoms with Crippen LogP contribution in [0.1, 0.15) is 24.7 Å². The Hall–Kier alpha value is -1.85. The Kier molecular flexibility index (Phi) is 3.96. The molecule has 0 aliphatic heterocycles. The smallest absolute Gasteiger partial charge is 0.223 e. The van der Waals surface area contributed by atoms with Gasteiger partial charge in [0.15, 0.2) is 0 Å². The number of nitrogens with zero attached hydrogens (tertiary/aromatic N) is 1. The summed E-state index contributed by atoms with van der Waals surface area (Å²) in [5.74, 6) is -0.0140. The number of nitrogens with one attached hydrogen (secondary N) is 3. The molecule has 0 aromatic carbocycles. The maximum atomic E-state index is 11.9.